The molecule has 1 aromatic carbocycles. The van der Waals surface area contributed by atoms with Gasteiger partial charge in [0.25, 0.3) is 0 Å². The molecule has 4 aliphatic rings. The quantitative estimate of drug-likeness (QED) is 0.809. The molecule has 2 fully saturated rings. The Morgan fingerprint density at radius 1 is 1.30 bits per heavy atom. The summed E-state index contributed by atoms with van der Waals surface area (Å²) in [6.45, 7) is 5.65. The summed E-state index contributed by atoms with van der Waals surface area (Å²) in [5.41, 5.74) is 4.51. The Hall–Kier alpha value is -1.32. The molecule has 23 heavy (non-hydrogen) atoms. The highest BCUT2D eigenvalue weighted by Crippen LogP contribution is 2.76. The number of benzene rings is 1. The lowest BCUT2D eigenvalue weighted by molar-refractivity contribution is -0.0322. The van der Waals surface area contributed by atoms with Gasteiger partial charge in [-0.25, -0.2) is 0 Å². The molecular weight excluding hydrogens is 286 g/mol. The first-order valence-corrected chi connectivity index (χ1v) is 8.65. The summed E-state index contributed by atoms with van der Waals surface area (Å²) >= 11 is 0. The van der Waals surface area contributed by atoms with Crippen molar-refractivity contribution in [3.05, 3.63) is 41.0 Å². The van der Waals surface area contributed by atoms with Crippen LogP contribution in [0.1, 0.15) is 37.8 Å². The normalized spacial score (nSPS) is 46.6. The Morgan fingerprint density at radius 3 is 2.78 bits per heavy atom. The van der Waals surface area contributed by atoms with Crippen LogP contribution < -0.4 is 4.74 Å². The third-order valence-electron chi connectivity index (χ3n) is 7.59. The minimum absolute atomic E-state index is 0.0469. The molecule has 5 rings (SSSR count). The number of ether oxygens (including phenoxy) is 1. The van der Waals surface area contributed by atoms with Crippen LogP contribution >= 0.6 is 0 Å². The first-order valence-electron chi connectivity index (χ1n) is 8.65. The largest absolute Gasteiger partial charge is 0.497 e. The maximum absolute atomic E-state index is 10.6. The van der Waals surface area contributed by atoms with Gasteiger partial charge in [-0.05, 0) is 55.6 Å². The van der Waals surface area contributed by atoms with E-state index < -0.39 is 0 Å². The molecule has 2 bridgehead atoms. The van der Waals surface area contributed by atoms with E-state index in [2.05, 4.69) is 50.1 Å². The van der Waals surface area contributed by atoms with E-state index in [1.165, 1.54) is 17.5 Å². The van der Waals surface area contributed by atoms with Gasteiger partial charge in [-0.15, -0.1) is 0 Å². The molecule has 1 saturated heterocycles. The predicted octanol–water partition coefficient (Wildman–Crippen LogP) is 2.62. The summed E-state index contributed by atoms with van der Waals surface area (Å²) in [4.78, 5) is 2.52. The minimum Gasteiger partial charge on any atom is -0.497 e. The lowest BCUT2D eigenvalue weighted by atomic mass is 9.51. The van der Waals surface area contributed by atoms with Gasteiger partial charge in [-0.1, -0.05) is 19.1 Å². The molecule has 1 saturated carbocycles. The monoisotopic (exact) mass is 311 g/mol. The zero-order valence-electron chi connectivity index (χ0n) is 14.4. The Balaban J connectivity index is 1.82. The number of nitrogens with zero attached hydrogens (tertiary/aromatic N) is 1. The van der Waals surface area contributed by atoms with E-state index >= 15 is 0 Å². The number of hydrogen-bond acceptors (Lipinski definition) is 3. The Labute approximate surface area is 137 Å². The van der Waals surface area contributed by atoms with Gasteiger partial charge in [0, 0.05) is 28.8 Å². The highest BCUT2D eigenvalue weighted by atomic mass is 16.5. The van der Waals surface area contributed by atoms with Crippen molar-refractivity contribution in [1.82, 2.24) is 4.90 Å². The fourth-order valence-electron chi connectivity index (χ4n) is 6.98. The number of aliphatic hydroxyl groups is 1. The Kier molecular flexibility index (Phi) is 2.35. The van der Waals surface area contributed by atoms with Crippen molar-refractivity contribution in [1.29, 1.82) is 0 Å². The number of fused-ring (bicyclic) bond motifs is 2. The van der Waals surface area contributed by atoms with E-state index in [4.69, 9.17) is 4.74 Å². The van der Waals surface area contributed by atoms with Gasteiger partial charge in [0.1, 0.15) is 5.75 Å². The van der Waals surface area contributed by atoms with Gasteiger partial charge in [0.15, 0.2) is 0 Å². The standard InChI is InChI=1S/C20H25NO2/c1-12-8-18(2)17-19(11-21(17)3)10-20(18,9-16(12)22)15-7-13(23-4)5-6-14(15)19/h5-8,16-17,22H,9-11H2,1-4H3. The van der Waals surface area contributed by atoms with Crippen LogP contribution in [-0.2, 0) is 10.8 Å². The van der Waals surface area contributed by atoms with Crippen LogP contribution in [0.5, 0.6) is 5.75 Å². The lowest BCUT2D eigenvalue weighted by Crippen LogP contribution is -2.69. The second kappa shape index (κ2) is 3.84. The van der Waals surface area contributed by atoms with Crippen molar-refractivity contribution < 1.29 is 9.84 Å². The molecule has 1 N–H and O–H groups in total. The second-order valence-electron chi connectivity index (χ2n) is 8.54. The van der Waals surface area contributed by atoms with Crippen LogP contribution in [0, 0.1) is 5.41 Å². The molecule has 5 unspecified atom stereocenters. The molecule has 0 amide bonds. The van der Waals surface area contributed by atoms with Crippen LogP contribution in [0.2, 0.25) is 0 Å². The predicted molar refractivity (Wildman–Crippen MR) is 89.9 cm³/mol. The third kappa shape index (κ3) is 1.26. The van der Waals surface area contributed by atoms with Crippen LogP contribution in [0.4, 0.5) is 0 Å². The topological polar surface area (TPSA) is 32.7 Å². The average Bonchev–Trinajstić information content (AvgIpc) is 2.87. The molecule has 2 spiro atoms. The summed E-state index contributed by atoms with van der Waals surface area (Å²) in [5, 5.41) is 10.6. The molecular formula is C20H25NO2. The van der Waals surface area contributed by atoms with Gasteiger partial charge in [-0.3, -0.25) is 0 Å². The summed E-state index contributed by atoms with van der Waals surface area (Å²) in [7, 11) is 4.00. The maximum Gasteiger partial charge on any atom is 0.119 e. The molecule has 3 heteroatoms. The Bertz CT molecular complexity index is 756. The van der Waals surface area contributed by atoms with Crippen LogP contribution in [0.3, 0.4) is 0 Å². The van der Waals surface area contributed by atoms with E-state index in [-0.39, 0.29) is 22.3 Å². The first kappa shape index (κ1) is 14.1. The van der Waals surface area contributed by atoms with Crippen molar-refractivity contribution in [3.63, 3.8) is 0 Å². The Morgan fingerprint density at radius 2 is 2.09 bits per heavy atom. The van der Waals surface area contributed by atoms with E-state index in [1.807, 2.05) is 0 Å². The number of likely N-dealkylation sites (tertiary alicyclic amines) is 1. The fourth-order valence-corrected chi connectivity index (χ4v) is 6.98. The van der Waals surface area contributed by atoms with Crippen molar-refractivity contribution >= 4 is 0 Å². The van der Waals surface area contributed by atoms with Gasteiger partial charge >= 0.3 is 0 Å². The van der Waals surface area contributed by atoms with Crippen molar-refractivity contribution in [2.75, 3.05) is 20.7 Å². The molecule has 3 nitrogen and oxygen atoms in total. The van der Waals surface area contributed by atoms with E-state index in [0.29, 0.717) is 6.04 Å². The number of hydrogen-bond donors (Lipinski definition) is 1. The number of methoxy groups -OCH3 is 1. The first-order chi connectivity index (χ1) is 10.9. The molecule has 0 aromatic heterocycles. The zero-order valence-corrected chi connectivity index (χ0v) is 14.4. The lowest BCUT2D eigenvalue weighted by Gasteiger charge is -2.62. The molecule has 1 heterocycles. The second-order valence-corrected chi connectivity index (χ2v) is 8.54. The molecule has 3 aliphatic carbocycles. The zero-order chi connectivity index (χ0) is 16.2. The molecule has 1 aromatic rings. The molecule has 122 valence electrons. The SMILES string of the molecule is COc1ccc2c(c1)C13CC(O)C(C)=CC1(C)C1N(C)CC21C3. The van der Waals surface area contributed by atoms with Crippen LogP contribution in [0.15, 0.2) is 29.8 Å². The molecule has 5 atom stereocenters. The van der Waals surface area contributed by atoms with Gasteiger partial charge in [-0.2, -0.15) is 0 Å². The fraction of sp³-hybridized carbons (Fsp3) is 0.600. The van der Waals surface area contributed by atoms with Gasteiger partial charge in [0.05, 0.1) is 13.2 Å². The number of aliphatic hydroxyl groups excluding tert-OH is 1. The highest BCUT2D eigenvalue weighted by Gasteiger charge is 2.78. The summed E-state index contributed by atoms with van der Waals surface area (Å²) in [6.07, 6.45) is 4.10. The van der Waals surface area contributed by atoms with Crippen molar-refractivity contribution in [2.45, 2.75) is 49.7 Å². The van der Waals surface area contributed by atoms with E-state index in [0.717, 1.165) is 24.3 Å². The maximum atomic E-state index is 10.6. The summed E-state index contributed by atoms with van der Waals surface area (Å²) < 4.78 is 5.51. The van der Waals surface area contributed by atoms with Crippen LogP contribution in [0.25, 0.3) is 0 Å². The van der Waals surface area contributed by atoms with E-state index in [9.17, 15) is 5.11 Å². The minimum atomic E-state index is -0.319. The third-order valence-corrected chi connectivity index (χ3v) is 7.59. The molecule has 0 radical (unpaired) electrons. The van der Waals surface area contributed by atoms with Crippen molar-refractivity contribution in [2.24, 2.45) is 5.41 Å². The van der Waals surface area contributed by atoms with Gasteiger partial charge < -0.3 is 14.7 Å². The molecule has 1 aliphatic heterocycles. The van der Waals surface area contributed by atoms with Gasteiger partial charge in [0.2, 0.25) is 0 Å². The smallest absolute Gasteiger partial charge is 0.119 e. The number of rotatable bonds is 1. The summed E-state index contributed by atoms with van der Waals surface area (Å²) in [6, 6.07) is 7.20. The van der Waals surface area contributed by atoms with E-state index in [1.54, 1.807) is 7.11 Å². The van der Waals surface area contributed by atoms with Crippen molar-refractivity contribution in [3.8, 4) is 5.75 Å². The summed E-state index contributed by atoms with van der Waals surface area (Å²) in [5.74, 6) is 0.939. The number of likely N-dealkylation sites (N-methyl/N-ethyl adjacent to an activating group) is 1. The highest BCUT2D eigenvalue weighted by molar-refractivity contribution is 5.62. The van der Waals surface area contributed by atoms with Crippen LogP contribution in [-0.4, -0.2) is 42.9 Å². The average molecular weight is 311 g/mol.